The molecule has 0 radical (unpaired) electrons. The molecule has 1 amide bonds. The van der Waals surface area contributed by atoms with Crippen LogP contribution in [0.5, 0.6) is 0 Å². The summed E-state index contributed by atoms with van der Waals surface area (Å²) in [5.41, 5.74) is 2.17. The zero-order valence-electron chi connectivity index (χ0n) is 12.5. The molecule has 2 fully saturated rings. The fourth-order valence-corrected chi connectivity index (χ4v) is 5.55. The van der Waals surface area contributed by atoms with Gasteiger partial charge in [-0.05, 0) is 42.7 Å². The Hall–Kier alpha value is -0.650. The molecule has 0 saturated carbocycles. The van der Waals surface area contributed by atoms with Gasteiger partial charge in [-0.1, -0.05) is 12.1 Å². The van der Waals surface area contributed by atoms with Crippen LogP contribution in [0, 0.1) is 0 Å². The van der Waals surface area contributed by atoms with Gasteiger partial charge in [-0.3, -0.25) is 4.79 Å². The number of piperazine rings is 1. The summed E-state index contributed by atoms with van der Waals surface area (Å²) in [6.45, 7) is 3.62. The molecule has 0 unspecified atom stereocenters. The number of thioether (sulfide) groups is 2. The van der Waals surface area contributed by atoms with Crippen LogP contribution in [-0.4, -0.2) is 60.4 Å². The molecule has 0 aliphatic carbocycles. The van der Waals surface area contributed by atoms with Crippen molar-refractivity contribution in [2.24, 2.45) is 0 Å². The Bertz CT molecular complexity index is 478. The van der Waals surface area contributed by atoms with Crippen molar-refractivity contribution in [1.29, 1.82) is 0 Å². The molecule has 5 heteroatoms. The summed E-state index contributed by atoms with van der Waals surface area (Å²) in [6, 6.07) is 8.29. The van der Waals surface area contributed by atoms with Gasteiger partial charge in [-0.2, -0.15) is 0 Å². The topological polar surface area (TPSA) is 23.6 Å². The maximum absolute atomic E-state index is 12.5. The van der Waals surface area contributed by atoms with Crippen LogP contribution in [-0.2, 0) is 0 Å². The standard InChI is InChI=1S/C16H22N2OS2/c1-17-7-9-18(10-8-17)15(19)13-3-5-14(6-4-13)16-20-11-2-12-21-16/h3-6,16H,2,7-12H2,1H3. The second kappa shape index (κ2) is 7.07. The van der Waals surface area contributed by atoms with Gasteiger partial charge in [0.2, 0.25) is 0 Å². The molecule has 0 atom stereocenters. The summed E-state index contributed by atoms with van der Waals surface area (Å²) in [4.78, 5) is 16.7. The lowest BCUT2D eigenvalue weighted by Gasteiger charge is -2.32. The van der Waals surface area contributed by atoms with Gasteiger partial charge >= 0.3 is 0 Å². The molecule has 2 saturated heterocycles. The smallest absolute Gasteiger partial charge is 0.253 e. The SMILES string of the molecule is CN1CCN(C(=O)c2ccc(C3SCCCS3)cc2)CC1. The quantitative estimate of drug-likeness (QED) is 0.835. The largest absolute Gasteiger partial charge is 0.336 e. The second-order valence-corrected chi connectivity index (χ2v) is 8.37. The van der Waals surface area contributed by atoms with Crippen LogP contribution < -0.4 is 0 Å². The number of hydrogen-bond donors (Lipinski definition) is 0. The highest BCUT2D eigenvalue weighted by Crippen LogP contribution is 2.43. The van der Waals surface area contributed by atoms with E-state index in [1.54, 1.807) is 0 Å². The number of nitrogens with zero attached hydrogens (tertiary/aromatic N) is 2. The number of carbonyl (C=O) groups is 1. The van der Waals surface area contributed by atoms with Crippen LogP contribution in [0.4, 0.5) is 0 Å². The molecule has 2 aliphatic heterocycles. The van der Waals surface area contributed by atoms with E-state index >= 15 is 0 Å². The molecule has 114 valence electrons. The third-order valence-electron chi connectivity index (χ3n) is 4.05. The fourth-order valence-electron chi connectivity index (χ4n) is 2.66. The van der Waals surface area contributed by atoms with Gasteiger partial charge in [0.1, 0.15) is 0 Å². The number of rotatable bonds is 2. The van der Waals surface area contributed by atoms with Crippen LogP contribution in [0.25, 0.3) is 0 Å². The minimum atomic E-state index is 0.179. The lowest BCUT2D eigenvalue weighted by atomic mass is 10.1. The van der Waals surface area contributed by atoms with E-state index in [1.807, 2.05) is 40.6 Å². The minimum absolute atomic E-state index is 0.179. The highest BCUT2D eigenvalue weighted by molar-refractivity contribution is 8.16. The molecule has 0 spiro atoms. The Morgan fingerprint density at radius 3 is 2.29 bits per heavy atom. The van der Waals surface area contributed by atoms with E-state index in [1.165, 1.54) is 23.5 Å². The van der Waals surface area contributed by atoms with E-state index in [9.17, 15) is 4.79 Å². The Kier molecular flexibility index (Phi) is 5.14. The molecule has 0 aromatic heterocycles. The summed E-state index contributed by atoms with van der Waals surface area (Å²) < 4.78 is 0.548. The number of hydrogen-bond acceptors (Lipinski definition) is 4. The molecule has 2 heterocycles. The summed E-state index contributed by atoms with van der Waals surface area (Å²) in [5.74, 6) is 2.68. The number of carbonyl (C=O) groups excluding carboxylic acids is 1. The number of benzene rings is 1. The Morgan fingerprint density at radius 1 is 1.05 bits per heavy atom. The first-order valence-electron chi connectivity index (χ1n) is 7.55. The third-order valence-corrected chi connectivity index (χ3v) is 7.06. The molecule has 0 bridgehead atoms. The fraction of sp³-hybridized carbons (Fsp3) is 0.562. The molecular formula is C16H22N2OS2. The van der Waals surface area contributed by atoms with E-state index in [0.717, 1.165) is 31.7 Å². The summed E-state index contributed by atoms with van der Waals surface area (Å²) in [6.07, 6.45) is 1.31. The lowest BCUT2D eigenvalue weighted by Crippen LogP contribution is -2.47. The van der Waals surface area contributed by atoms with Gasteiger partial charge in [0.25, 0.3) is 5.91 Å². The third kappa shape index (κ3) is 3.76. The average molecular weight is 322 g/mol. The van der Waals surface area contributed by atoms with Crippen LogP contribution in [0.15, 0.2) is 24.3 Å². The van der Waals surface area contributed by atoms with Gasteiger partial charge in [-0.25, -0.2) is 0 Å². The van der Waals surface area contributed by atoms with Crippen molar-refractivity contribution in [3.63, 3.8) is 0 Å². The van der Waals surface area contributed by atoms with Gasteiger partial charge in [0, 0.05) is 31.7 Å². The molecule has 1 aromatic carbocycles. The predicted molar refractivity (Wildman–Crippen MR) is 92.1 cm³/mol. The molecular weight excluding hydrogens is 300 g/mol. The lowest BCUT2D eigenvalue weighted by molar-refractivity contribution is 0.0664. The first kappa shape index (κ1) is 15.3. The summed E-state index contributed by atoms with van der Waals surface area (Å²) in [5, 5.41) is 0. The van der Waals surface area contributed by atoms with Crippen LogP contribution in [0.2, 0.25) is 0 Å². The average Bonchev–Trinajstić information content (AvgIpc) is 2.56. The Balaban J connectivity index is 1.64. The molecule has 0 N–H and O–H groups in total. The Morgan fingerprint density at radius 2 is 1.67 bits per heavy atom. The van der Waals surface area contributed by atoms with Gasteiger partial charge in [0.05, 0.1) is 4.58 Å². The maximum Gasteiger partial charge on any atom is 0.253 e. The highest BCUT2D eigenvalue weighted by Gasteiger charge is 2.21. The van der Waals surface area contributed by atoms with E-state index < -0.39 is 0 Å². The maximum atomic E-state index is 12.5. The monoisotopic (exact) mass is 322 g/mol. The molecule has 3 rings (SSSR count). The summed E-state index contributed by atoms with van der Waals surface area (Å²) in [7, 11) is 2.11. The van der Waals surface area contributed by atoms with Crippen molar-refractivity contribution >= 4 is 29.4 Å². The zero-order valence-corrected chi connectivity index (χ0v) is 14.1. The van der Waals surface area contributed by atoms with Crippen LogP contribution in [0.1, 0.15) is 26.9 Å². The Labute approximate surface area is 135 Å². The van der Waals surface area contributed by atoms with Crippen molar-refractivity contribution in [1.82, 2.24) is 9.80 Å². The normalized spacial score (nSPS) is 21.5. The van der Waals surface area contributed by atoms with Crippen LogP contribution in [0.3, 0.4) is 0 Å². The van der Waals surface area contributed by atoms with E-state index in [2.05, 4.69) is 24.1 Å². The number of likely N-dealkylation sites (N-methyl/N-ethyl adjacent to an activating group) is 1. The molecule has 1 aromatic rings. The molecule has 3 nitrogen and oxygen atoms in total. The first-order valence-corrected chi connectivity index (χ1v) is 9.65. The zero-order chi connectivity index (χ0) is 14.7. The minimum Gasteiger partial charge on any atom is -0.336 e. The van der Waals surface area contributed by atoms with Crippen molar-refractivity contribution < 1.29 is 4.79 Å². The first-order chi connectivity index (χ1) is 10.2. The van der Waals surface area contributed by atoms with E-state index in [0.29, 0.717) is 4.58 Å². The van der Waals surface area contributed by atoms with Gasteiger partial charge < -0.3 is 9.80 Å². The summed E-state index contributed by atoms with van der Waals surface area (Å²) >= 11 is 4.04. The van der Waals surface area contributed by atoms with Crippen molar-refractivity contribution in [2.45, 2.75) is 11.0 Å². The molecule has 2 aliphatic rings. The van der Waals surface area contributed by atoms with Crippen molar-refractivity contribution in [3.05, 3.63) is 35.4 Å². The molecule has 21 heavy (non-hydrogen) atoms. The van der Waals surface area contributed by atoms with E-state index in [4.69, 9.17) is 0 Å². The van der Waals surface area contributed by atoms with Crippen LogP contribution >= 0.6 is 23.5 Å². The van der Waals surface area contributed by atoms with Gasteiger partial charge in [0.15, 0.2) is 0 Å². The van der Waals surface area contributed by atoms with Gasteiger partial charge in [-0.15, -0.1) is 23.5 Å². The van der Waals surface area contributed by atoms with Crippen molar-refractivity contribution in [3.8, 4) is 0 Å². The predicted octanol–water partition coefficient (Wildman–Crippen LogP) is 2.94. The highest BCUT2D eigenvalue weighted by atomic mass is 32.2. The number of amides is 1. The van der Waals surface area contributed by atoms with E-state index in [-0.39, 0.29) is 5.91 Å². The second-order valence-electron chi connectivity index (χ2n) is 5.64. The van der Waals surface area contributed by atoms with Crippen molar-refractivity contribution in [2.75, 3.05) is 44.7 Å².